The van der Waals surface area contributed by atoms with Crippen molar-refractivity contribution >= 4 is 11.9 Å². The van der Waals surface area contributed by atoms with E-state index in [1.807, 2.05) is 6.92 Å². The lowest BCUT2D eigenvalue weighted by Crippen LogP contribution is -2.61. The van der Waals surface area contributed by atoms with Gasteiger partial charge in [-0.25, -0.2) is 4.79 Å². The SMILES string of the molecule is CCCC(C)(N)C(=O)NC1(C(=O)O)CCCC1. The molecule has 0 radical (unpaired) electrons. The summed E-state index contributed by atoms with van der Waals surface area (Å²) in [5.41, 5.74) is 3.82. The van der Waals surface area contributed by atoms with Crippen LogP contribution in [0.25, 0.3) is 0 Å². The van der Waals surface area contributed by atoms with Crippen LogP contribution in [0.3, 0.4) is 0 Å². The zero-order valence-electron chi connectivity index (χ0n) is 10.6. The number of nitrogens with one attached hydrogen (secondary N) is 1. The molecule has 0 aromatic carbocycles. The van der Waals surface area contributed by atoms with Gasteiger partial charge in [-0.05, 0) is 26.2 Å². The molecule has 98 valence electrons. The molecule has 0 aromatic rings. The molecule has 1 unspecified atom stereocenters. The number of hydrogen-bond acceptors (Lipinski definition) is 3. The largest absolute Gasteiger partial charge is 0.480 e. The normalized spacial score (nSPS) is 21.8. The highest BCUT2D eigenvalue weighted by molar-refractivity contribution is 5.91. The molecular formula is C12H22N2O3. The first-order valence-corrected chi connectivity index (χ1v) is 6.19. The van der Waals surface area contributed by atoms with E-state index in [0.29, 0.717) is 19.3 Å². The lowest BCUT2D eigenvalue weighted by Gasteiger charge is -2.31. The van der Waals surface area contributed by atoms with Crippen LogP contribution in [-0.2, 0) is 9.59 Å². The first kappa shape index (κ1) is 14.0. The van der Waals surface area contributed by atoms with E-state index in [1.165, 1.54) is 0 Å². The molecule has 17 heavy (non-hydrogen) atoms. The van der Waals surface area contributed by atoms with Crippen molar-refractivity contribution in [1.82, 2.24) is 5.32 Å². The van der Waals surface area contributed by atoms with Crippen LogP contribution in [0.15, 0.2) is 0 Å². The maximum atomic E-state index is 12.0. The van der Waals surface area contributed by atoms with Crippen LogP contribution in [0, 0.1) is 0 Å². The van der Waals surface area contributed by atoms with Gasteiger partial charge in [0.1, 0.15) is 5.54 Å². The second-order valence-electron chi connectivity index (χ2n) is 5.22. The number of carboxylic acids is 1. The van der Waals surface area contributed by atoms with E-state index in [0.717, 1.165) is 19.3 Å². The standard InChI is InChI=1S/C12H22N2O3/c1-3-6-11(2,13)9(15)14-12(10(16)17)7-4-5-8-12/h3-8,13H2,1-2H3,(H,14,15)(H,16,17). The van der Waals surface area contributed by atoms with E-state index in [4.69, 9.17) is 5.73 Å². The highest BCUT2D eigenvalue weighted by Crippen LogP contribution is 2.30. The predicted octanol–water partition coefficient (Wildman–Crippen LogP) is 1.02. The van der Waals surface area contributed by atoms with Crippen molar-refractivity contribution in [2.75, 3.05) is 0 Å². The fourth-order valence-corrected chi connectivity index (χ4v) is 2.36. The molecule has 1 aliphatic carbocycles. The molecule has 0 aromatic heterocycles. The molecular weight excluding hydrogens is 220 g/mol. The van der Waals surface area contributed by atoms with E-state index >= 15 is 0 Å². The molecule has 0 heterocycles. The molecule has 5 nitrogen and oxygen atoms in total. The molecule has 1 fully saturated rings. The Balaban J connectivity index is 2.75. The van der Waals surface area contributed by atoms with Crippen LogP contribution in [0.4, 0.5) is 0 Å². The molecule has 0 spiro atoms. The summed E-state index contributed by atoms with van der Waals surface area (Å²) in [7, 11) is 0. The summed E-state index contributed by atoms with van der Waals surface area (Å²) < 4.78 is 0. The quantitative estimate of drug-likeness (QED) is 0.671. The van der Waals surface area contributed by atoms with E-state index in [2.05, 4.69) is 5.32 Å². The first-order valence-electron chi connectivity index (χ1n) is 6.19. The van der Waals surface area contributed by atoms with Gasteiger partial charge in [-0.2, -0.15) is 0 Å². The number of carboxylic acid groups (broad SMARTS) is 1. The third-order valence-electron chi connectivity index (χ3n) is 3.51. The maximum Gasteiger partial charge on any atom is 0.329 e. The van der Waals surface area contributed by atoms with Crippen molar-refractivity contribution in [2.24, 2.45) is 5.73 Å². The Morgan fingerprint density at radius 3 is 2.35 bits per heavy atom. The second-order valence-corrected chi connectivity index (χ2v) is 5.22. The highest BCUT2D eigenvalue weighted by atomic mass is 16.4. The summed E-state index contributed by atoms with van der Waals surface area (Å²) in [6.45, 7) is 3.59. The van der Waals surface area contributed by atoms with E-state index < -0.39 is 17.0 Å². The maximum absolute atomic E-state index is 12.0. The van der Waals surface area contributed by atoms with E-state index in [9.17, 15) is 14.7 Å². The van der Waals surface area contributed by atoms with Crippen LogP contribution in [0.1, 0.15) is 52.4 Å². The summed E-state index contributed by atoms with van der Waals surface area (Å²) >= 11 is 0. The van der Waals surface area contributed by atoms with Gasteiger partial charge in [0.2, 0.25) is 5.91 Å². The molecule has 4 N–H and O–H groups in total. The zero-order valence-corrected chi connectivity index (χ0v) is 10.6. The molecule has 0 aliphatic heterocycles. The Hall–Kier alpha value is -1.10. The topological polar surface area (TPSA) is 92.4 Å². The van der Waals surface area contributed by atoms with Crippen molar-refractivity contribution in [3.63, 3.8) is 0 Å². The molecule has 1 atom stereocenters. The molecule has 0 bridgehead atoms. The molecule has 1 saturated carbocycles. The summed E-state index contributed by atoms with van der Waals surface area (Å²) in [6.07, 6.45) is 4.00. The Morgan fingerprint density at radius 2 is 1.94 bits per heavy atom. The highest BCUT2D eigenvalue weighted by Gasteiger charge is 2.44. The van der Waals surface area contributed by atoms with Gasteiger partial charge in [0.15, 0.2) is 0 Å². The van der Waals surface area contributed by atoms with Crippen LogP contribution < -0.4 is 11.1 Å². The van der Waals surface area contributed by atoms with Gasteiger partial charge in [0.25, 0.3) is 0 Å². The van der Waals surface area contributed by atoms with Crippen molar-refractivity contribution in [1.29, 1.82) is 0 Å². The molecule has 1 aliphatic rings. The Kier molecular flexibility index (Phi) is 4.14. The minimum atomic E-state index is -1.09. The lowest BCUT2D eigenvalue weighted by molar-refractivity contribution is -0.148. The predicted molar refractivity (Wildman–Crippen MR) is 64.5 cm³/mol. The number of carbonyl (C=O) groups is 2. The van der Waals surface area contributed by atoms with Gasteiger partial charge < -0.3 is 16.2 Å². The van der Waals surface area contributed by atoms with Crippen molar-refractivity contribution in [2.45, 2.75) is 63.5 Å². The van der Waals surface area contributed by atoms with Gasteiger partial charge in [-0.3, -0.25) is 4.79 Å². The van der Waals surface area contributed by atoms with Gasteiger partial charge >= 0.3 is 5.97 Å². The van der Waals surface area contributed by atoms with Crippen molar-refractivity contribution in [3.8, 4) is 0 Å². The number of nitrogens with two attached hydrogens (primary N) is 1. The van der Waals surface area contributed by atoms with Crippen LogP contribution in [0.5, 0.6) is 0 Å². The third kappa shape index (κ3) is 2.97. The average Bonchev–Trinajstić information content (AvgIpc) is 2.67. The number of aliphatic carboxylic acids is 1. The second kappa shape index (κ2) is 5.04. The van der Waals surface area contributed by atoms with Crippen LogP contribution >= 0.6 is 0 Å². The Morgan fingerprint density at radius 1 is 1.41 bits per heavy atom. The number of rotatable bonds is 5. The molecule has 1 amide bonds. The van der Waals surface area contributed by atoms with Gasteiger partial charge in [0.05, 0.1) is 5.54 Å². The van der Waals surface area contributed by atoms with Crippen LogP contribution in [-0.4, -0.2) is 28.1 Å². The smallest absolute Gasteiger partial charge is 0.329 e. The van der Waals surface area contributed by atoms with E-state index in [-0.39, 0.29) is 5.91 Å². The first-order chi connectivity index (χ1) is 7.84. The van der Waals surface area contributed by atoms with Gasteiger partial charge in [-0.1, -0.05) is 26.2 Å². The summed E-state index contributed by atoms with van der Waals surface area (Å²) in [6, 6.07) is 0. The number of carbonyl (C=O) groups excluding carboxylic acids is 1. The zero-order chi connectivity index (χ0) is 13.1. The van der Waals surface area contributed by atoms with Gasteiger partial charge in [0, 0.05) is 0 Å². The Bertz CT molecular complexity index is 307. The monoisotopic (exact) mass is 242 g/mol. The van der Waals surface area contributed by atoms with Crippen molar-refractivity contribution in [3.05, 3.63) is 0 Å². The summed E-state index contributed by atoms with van der Waals surface area (Å²) in [5.74, 6) is -1.31. The number of amides is 1. The van der Waals surface area contributed by atoms with Crippen molar-refractivity contribution < 1.29 is 14.7 Å². The van der Waals surface area contributed by atoms with E-state index in [1.54, 1.807) is 6.92 Å². The third-order valence-corrected chi connectivity index (χ3v) is 3.51. The summed E-state index contributed by atoms with van der Waals surface area (Å²) in [4.78, 5) is 23.3. The average molecular weight is 242 g/mol. The van der Waals surface area contributed by atoms with Gasteiger partial charge in [-0.15, -0.1) is 0 Å². The molecule has 0 saturated heterocycles. The minimum absolute atomic E-state index is 0.358. The van der Waals surface area contributed by atoms with Crippen LogP contribution in [0.2, 0.25) is 0 Å². The minimum Gasteiger partial charge on any atom is -0.480 e. The fourth-order valence-electron chi connectivity index (χ4n) is 2.36. The number of hydrogen-bond donors (Lipinski definition) is 3. The fraction of sp³-hybridized carbons (Fsp3) is 0.833. The molecule has 5 heteroatoms. The lowest BCUT2D eigenvalue weighted by atomic mass is 9.92. The summed E-state index contributed by atoms with van der Waals surface area (Å²) in [5, 5.41) is 11.9. The Labute approximate surface area is 102 Å². The molecule has 1 rings (SSSR count).